The Bertz CT molecular complexity index is 1150. The van der Waals surface area contributed by atoms with Crippen molar-refractivity contribution in [3.8, 4) is 0 Å². The molecule has 4 aliphatic rings. The van der Waals surface area contributed by atoms with Crippen LogP contribution in [-0.2, 0) is 19.2 Å². The Labute approximate surface area is 339 Å². The van der Waals surface area contributed by atoms with Crippen molar-refractivity contribution in [1.29, 1.82) is 0 Å². The van der Waals surface area contributed by atoms with Crippen LogP contribution < -0.4 is 31.9 Å². The van der Waals surface area contributed by atoms with Crippen molar-refractivity contribution in [2.45, 2.75) is 126 Å². The van der Waals surface area contributed by atoms with Crippen molar-refractivity contribution < 1.29 is 33.9 Å². The van der Waals surface area contributed by atoms with E-state index in [4.69, 9.17) is 5.11 Å². The van der Waals surface area contributed by atoms with Crippen molar-refractivity contribution >= 4 is 102 Å². The Balaban J connectivity index is 0.000000351. The second-order valence-electron chi connectivity index (χ2n) is 12.5. The molecule has 4 saturated heterocycles. The number of carbonyl (C=O) groups is 6. The van der Waals surface area contributed by atoms with E-state index in [1.807, 2.05) is 44.3 Å². The molecule has 6 amide bonds. The van der Waals surface area contributed by atoms with Gasteiger partial charge in [0.15, 0.2) is 0 Å². The summed E-state index contributed by atoms with van der Waals surface area (Å²) < 4.78 is 0. The molecule has 19 heteroatoms. The van der Waals surface area contributed by atoms with Crippen molar-refractivity contribution in [3.05, 3.63) is 0 Å². The lowest BCUT2D eigenvalue weighted by Crippen LogP contribution is -2.36. The summed E-state index contributed by atoms with van der Waals surface area (Å²) >= 11 is 3.82. The minimum atomic E-state index is -0.778. The van der Waals surface area contributed by atoms with E-state index in [0.717, 1.165) is 67.3 Å². The number of aliphatic carboxylic acids is 1. The second kappa shape index (κ2) is 29.0. The van der Waals surface area contributed by atoms with E-state index in [0.29, 0.717) is 60.8 Å². The minimum absolute atomic E-state index is 0.0438. The number of carbonyl (C=O) groups excluding carboxylic acids is 5. The van der Waals surface area contributed by atoms with Gasteiger partial charge in [0, 0.05) is 83.8 Å². The molecule has 53 heavy (non-hydrogen) atoms. The Hall–Kier alpha value is -1.28. The molecule has 304 valence electrons. The predicted molar refractivity (Wildman–Crippen MR) is 227 cm³/mol. The molecule has 4 fully saturated rings. The highest BCUT2D eigenvalue weighted by molar-refractivity contribution is 8.77. The SMILES string of the molecule is CC.CCC(=O)CCSSCCNC(=O)CCCCC1SCC2NC(=O)NC21.O=C(O)CCSSCCNC(=O)CCCCC1SCC2NC(=O)NC21. The Morgan fingerprint density at radius 1 is 0.660 bits per heavy atom. The van der Waals surface area contributed by atoms with Gasteiger partial charge in [-0.2, -0.15) is 23.5 Å². The molecule has 4 rings (SSSR count). The van der Waals surface area contributed by atoms with Gasteiger partial charge in [-0.3, -0.25) is 19.2 Å². The van der Waals surface area contributed by atoms with Crippen LogP contribution in [0, 0.1) is 0 Å². The van der Waals surface area contributed by atoms with Gasteiger partial charge in [-0.1, -0.05) is 76.8 Å². The van der Waals surface area contributed by atoms with Crippen LogP contribution in [0.2, 0.25) is 0 Å². The van der Waals surface area contributed by atoms with Gasteiger partial charge in [0.2, 0.25) is 11.8 Å². The van der Waals surface area contributed by atoms with Crippen molar-refractivity contribution in [3.63, 3.8) is 0 Å². The van der Waals surface area contributed by atoms with Crippen LogP contribution in [0.5, 0.6) is 0 Å². The summed E-state index contributed by atoms with van der Waals surface area (Å²) in [5, 5.41) is 27.1. The van der Waals surface area contributed by atoms with Gasteiger partial charge in [-0.05, 0) is 25.7 Å². The molecule has 0 aromatic heterocycles. The molecule has 6 unspecified atom stereocenters. The average Bonchev–Trinajstić information content (AvgIpc) is 3.90. The fraction of sp³-hybridized carbons (Fsp3) is 0.824. The summed E-state index contributed by atoms with van der Waals surface area (Å²) in [6.07, 6.45) is 8.36. The molecule has 0 aliphatic carbocycles. The first kappa shape index (κ1) is 47.9. The molecule has 0 saturated carbocycles. The van der Waals surface area contributed by atoms with Gasteiger partial charge in [0.05, 0.1) is 30.6 Å². The third-order valence-electron chi connectivity index (χ3n) is 8.60. The van der Waals surface area contributed by atoms with E-state index in [9.17, 15) is 28.8 Å². The highest BCUT2D eigenvalue weighted by Crippen LogP contribution is 2.34. The number of Topliss-reactive ketones (excluding diaryl/α,β-unsaturated/α-hetero) is 1. The smallest absolute Gasteiger partial charge is 0.315 e. The average molecular weight is 857 g/mol. The zero-order valence-electron chi connectivity index (χ0n) is 31.2. The number of thioether (sulfide) groups is 2. The fourth-order valence-corrected chi connectivity index (χ4v) is 12.8. The summed E-state index contributed by atoms with van der Waals surface area (Å²) in [5.41, 5.74) is 0. The molecular formula is C34H60N6O7S6. The largest absolute Gasteiger partial charge is 0.481 e. The summed E-state index contributed by atoms with van der Waals surface area (Å²) in [6, 6.07) is 0.926. The molecule has 7 N–H and O–H groups in total. The second-order valence-corrected chi connectivity index (χ2v) is 20.5. The first-order valence-electron chi connectivity index (χ1n) is 18.8. The van der Waals surface area contributed by atoms with Gasteiger partial charge >= 0.3 is 18.0 Å². The molecule has 0 spiro atoms. The van der Waals surface area contributed by atoms with E-state index in [2.05, 4.69) is 31.9 Å². The number of urea groups is 2. The first-order valence-corrected chi connectivity index (χ1v) is 25.9. The maximum absolute atomic E-state index is 11.8. The molecule has 0 bridgehead atoms. The highest BCUT2D eigenvalue weighted by Gasteiger charge is 2.43. The third-order valence-corrected chi connectivity index (χ3v) is 16.4. The van der Waals surface area contributed by atoms with Gasteiger partial charge < -0.3 is 37.0 Å². The summed E-state index contributed by atoms with van der Waals surface area (Å²) in [5.74, 6) is 4.76. The van der Waals surface area contributed by atoms with Gasteiger partial charge in [-0.25, -0.2) is 9.59 Å². The van der Waals surface area contributed by atoms with Crippen LogP contribution in [0.1, 0.15) is 91.4 Å². The lowest BCUT2D eigenvalue weighted by Gasteiger charge is -2.16. The number of ketones is 1. The lowest BCUT2D eigenvalue weighted by molar-refractivity contribution is -0.136. The number of fused-ring (bicyclic) bond motifs is 2. The van der Waals surface area contributed by atoms with Crippen LogP contribution in [0.3, 0.4) is 0 Å². The monoisotopic (exact) mass is 856 g/mol. The van der Waals surface area contributed by atoms with E-state index < -0.39 is 5.97 Å². The lowest BCUT2D eigenvalue weighted by atomic mass is 10.0. The number of amides is 6. The number of nitrogens with one attached hydrogen (secondary N) is 6. The van der Waals surface area contributed by atoms with Gasteiger partial charge in [0.25, 0.3) is 0 Å². The zero-order chi connectivity index (χ0) is 38.8. The van der Waals surface area contributed by atoms with Crippen LogP contribution >= 0.6 is 66.7 Å². The quantitative estimate of drug-likeness (QED) is 0.0356. The van der Waals surface area contributed by atoms with Crippen LogP contribution in [0.25, 0.3) is 0 Å². The maximum Gasteiger partial charge on any atom is 0.315 e. The molecule has 4 aliphatic heterocycles. The fourth-order valence-electron chi connectivity index (χ4n) is 5.89. The number of hydrogen-bond donors (Lipinski definition) is 7. The molecule has 0 radical (unpaired) electrons. The van der Waals surface area contributed by atoms with E-state index in [1.165, 1.54) is 10.8 Å². The zero-order valence-corrected chi connectivity index (χ0v) is 36.1. The van der Waals surface area contributed by atoms with E-state index >= 15 is 0 Å². The summed E-state index contributed by atoms with van der Waals surface area (Å²) in [4.78, 5) is 67.8. The molecule has 6 atom stereocenters. The Kier molecular flexibility index (Phi) is 26.2. The van der Waals surface area contributed by atoms with Crippen molar-refractivity contribution in [2.24, 2.45) is 0 Å². The topological polar surface area (TPSA) is 195 Å². The molecule has 4 heterocycles. The first-order chi connectivity index (χ1) is 25.7. The molecule has 0 aromatic rings. The Morgan fingerprint density at radius 2 is 1.09 bits per heavy atom. The normalized spacial score (nSPS) is 23.5. The number of carboxylic acid groups (broad SMARTS) is 1. The van der Waals surface area contributed by atoms with Crippen LogP contribution in [0.4, 0.5) is 9.59 Å². The van der Waals surface area contributed by atoms with Crippen molar-refractivity contribution in [2.75, 3.05) is 47.6 Å². The van der Waals surface area contributed by atoms with E-state index in [-0.39, 0.29) is 54.5 Å². The standard InChI is InChI=1S/C17H29N3O3S3.C15H25N3O4S3.C2H6/c1-2-12(21)7-9-25-26-10-8-18-15(22)6-4-3-5-14-16-13(11-24-14)19-17(23)20-16;19-12(16-6-8-25-24-7-5-13(20)21)4-2-1-3-11-14-10(9-23-11)17-15(22)18-14;1-2/h13-14,16H,2-11H2,1H3,(H,18,22)(H2,19,20,23);10-11,14H,1-9H2,(H,16,19)(H,20,21)(H2,17,18,22);1-2H3. The summed E-state index contributed by atoms with van der Waals surface area (Å²) in [6.45, 7) is 7.18. The van der Waals surface area contributed by atoms with E-state index in [1.54, 1.807) is 32.4 Å². The molecule has 0 aromatic carbocycles. The number of hydrogen-bond acceptors (Lipinski definition) is 12. The van der Waals surface area contributed by atoms with Crippen LogP contribution in [-0.4, -0.2) is 123 Å². The Morgan fingerprint density at radius 3 is 1.53 bits per heavy atom. The highest BCUT2D eigenvalue weighted by atomic mass is 33.1. The number of unbranched alkanes of at least 4 members (excludes halogenated alkanes) is 2. The summed E-state index contributed by atoms with van der Waals surface area (Å²) in [7, 11) is 6.52. The number of carboxylic acids is 1. The number of rotatable bonds is 25. The van der Waals surface area contributed by atoms with Crippen LogP contribution in [0.15, 0.2) is 0 Å². The predicted octanol–water partition coefficient (Wildman–Crippen LogP) is 5.29. The van der Waals surface area contributed by atoms with Gasteiger partial charge in [-0.15, -0.1) is 0 Å². The van der Waals surface area contributed by atoms with Gasteiger partial charge in [0.1, 0.15) is 5.78 Å². The molecule has 13 nitrogen and oxygen atoms in total. The molecular weight excluding hydrogens is 797 g/mol. The third kappa shape index (κ3) is 20.5. The minimum Gasteiger partial charge on any atom is -0.481 e. The maximum atomic E-state index is 11.8. The van der Waals surface area contributed by atoms with Crippen molar-refractivity contribution in [1.82, 2.24) is 31.9 Å².